The number of hydrogen-bond donors (Lipinski definition) is 0. The molecule has 2 heterocycles. The lowest BCUT2D eigenvalue weighted by Gasteiger charge is -1.98. The summed E-state index contributed by atoms with van der Waals surface area (Å²) in [7, 11) is 0. The van der Waals surface area contributed by atoms with Crippen LogP contribution in [0.25, 0.3) is 4.96 Å². The number of aromatic nitrogens is 4. The molecule has 0 saturated heterocycles. The summed E-state index contributed by atoms with van der Waals surface area (Å²) in [5, 5.41) is 11.7. The van der Waals surface area contributed by atoms with E-state index in [-0.39, 0.29) is 5.56 Å². The largest absolute Gasteiger partial charge is 0.293 e. The van der Waals surface area contributed by atoms with Crippen molar-refractivity contribution >= 4 is 44.0 Å². The maximum absolute atomic E-state index is 11.5. The first-order chi connectivity index (χ1) is 9.22. The van der Waals surface area contributed by atoms with Gasteiger partial charge in [-0.05, 0) is 17.7 Å². The average molecular weight is 355 g/mol. The van der Waals surface area contributed by atoms with Crippen LogP contribution in [0.4, 0.5) is 0 Å². The molecule has 0 N–H and O–H groups in total. The Morgan fingerprint density at radius 3 is 2.84 bits per heavy atom. The highest BCUT2D eigenvalue weighted by Crippen LogP contribution is 2.26. The molecule has 3 rings (SSSR count). The van der Waals surface area contributed by atoms with Gasteiger partial charge in [0.25, 0.3) is 5.56 Å². The van der Waals surface area contributed by atoms with Crippen LogP contribution in [-0.4, -0.2) is 19.8 Å². The van der Waals surface area contributed by atoms with Crippen LogP contribution < -0.4 is 5.56 Å². The minimum absolute atomic E-state index is 0.253. The lowest BCUT2D eigenvalue weighted by molar-refractivity contribution is 0.823. The lowest BCUT2D eigenvalue weighted by atomic mass is 10.2. The molecule has 1 aromatic carbocycles. The fraction of sp³-hybridized carbons (Fsp3) is 0.0909. The molecule has 0 aliphatic carbocycles. The molecule has 0 spiro atoms. The number of fused-ring (bicyclic) bond motifs is 1. The Bertz CT molecular complexity index is 768. The van der Waals surface area contributed by atoms with Crippen molar-refractivity contribution in [3.05, 3.63) is 50.9 Å². The number of hydrogen-bond acceptors (Lipinski definition) is 6. The Balaban J connectivity index is 1.80. The van der Waals surface area contributed by atoms with Gasteiger partial charge >= 0.3 is 0 Å². The van der Waals surface area contributed by atoms with E-state index in [9.17, 15) is 4.79 Å². The number of thioether (sulfide) groups is 1. The molecule has 0 radical (unpaired) electrons. The molecule has 0 saturated carbocycles. The maximum Gasteiger partial charge on any atom is 0.293 e. The van der Waals surface area contributed by atoms with Crippen LogP contribution in [0.3, 0.4) is 0 Å². The Hall–Kier alpha value is -1.25. The maximum atomic E-state index is 11.5. The van der Waals surface area contributed by atoms with Gasteiger partial charge in [-0.15, -0.1) is 10.2 Å². The van der Waals surface area contributed by atoms with E-state index >= 15 is 0 Å². The zero-order valence-electron chi connectivity index (χ0n) is 9.49. The molecule has 8 heteroatoms. The van der Waals surface area contributed by atoms with Gasteiger partial charge in [-0.3, -0.25) is 4.79 Å². The summed E-state index contributed by atoms with van der Waals surface area (Å²) in [6.45, 7) is 0. The molecular formula is C11H7BrN4OS2. The average Bonchev–Trinajstić information content (AvgIpc) is 2.83. The number of rotatable bonds is 3. The van der Waals surface area contributed by atoms with E-state index in [4.69, 9.17) is 0 Å². The van der Waals surface area contributed by atoms with Crippen molar-refractivity contribution in [3.63, 3.8) is 0 Å². The fourth-order valence-corrected chi connectivity index (χ4v) is 3.55. The minimum Gasteiger partial charge on any atom is -0.265 e. The van der Waals surface area contributed by atoms with Crippen LogP contribution >= 0.6 is 39.0 Å². The summed E-state index contributed by atoms with van der Waals surface area (Å²) in [6.07, 6.45) is 1.16. The van der Waals surface area contributed by atoms with Gasteiger partial charge in [-0.2, -0.15) is 9.61 Å². The summed E-state index contributed by atoms with van der Waals surface area (Å²) in [6, 6.07) is 8.11. The van der Waals surface area contributed by atoms with Crippen molar-refractivity contribution < 1.29 is 0 Å². The third-order valence-corrected chi connectivity index (χ3v) is 4.97. The Morgan fingerprint density at radius 2 is 2.11 bits per heavy atom. The van der Waals surface area contributed by atoms with Gasteiger partial charge in [0.15, 0.2) is 4.34 Å². The van der Waals surface area contributed by atoms with Crippen molar-refractivity contribution in [1.29, 1.82) is 0 Å². The van der Waals surface area contributed by atoms with Crippen molar-refractivity contribution in [2.45, 2.75) is 10.1 Å². The summed E-state index contributed by atoms with van der Waals surface area (Å²) >= 11 is 6.35. The molecule has 5 nitrogen and oxygen atoms in total. The number of halogens is 1. The van der Waals surface area contributed by atoms with Crippen LogP contribution in [0, 0.1) is 0 Å². The molecule has 0 amide bonds. The van der Waals surface area contributed by atoms with E-state index in [1.807, 2.05) is 12.1 Å². The Kier molecular flexibility index (Phi) is 3.63. The van der Waals surface area contributed by atoms with Crippen molar-refractivity contribution in [3.8, 4) is 0 Å². The second kappa shape index (κ2) is 5.40. The van der Waals surface area contributed by atoms with Crippen molar-refractivity contribution in [2.75, 3.05) is 0 Å². The van der Waals surface area contributed by atoms with Crippen LogP contribution in [0.2, 0.25) is 0 Å². The first-order valence-corrected chi connectivity index (χ1v) is 7.91. The smallest absolute Gasteiger partial charge is 0.265 e. The quantitative estimate of drug-likeness (QED) is 0.676. The molecule has 96 valence electrons. The topological polar surface area (TPSA) is 60.2 Å². The van der Waals surface area contributed by atoms with Gasteiger partial charge in [0, 0.05) is 10.2 Å². The van der Waals surface area contributed by atoms with Crippen LogP contribution in [0.15, 0.2) is 44.1 Å². The Labute approximate surface area is 124 Å². The van der Waals surface area contributed by atoms with E-state index < -0.39 is 0 Å². The van der Waals surface area contributed by atoms with Gasteiger partial charge in [-0.25, -0.2) is 0 Å². The molecule has 19 heavy (non-hydrogen) atoms. The molecule has 0 unspecified atom stereocenters. The van der Waals surface area contributed by atoms with Gasteiger partial charge in [0.2, 0.25) is 4.96 Å². The third-order valence-electron chi connectivity index (χ3n) is 2.34. The summed E-state index contributed by atoms with van der Waals surface area (Å²) in [5.74, 6) is 0.801. The molecule has 0 aliphatic heterocycles. The first-order valence-electron chi connectivity index (χ1n) is 5.31. The highest BCUT2D eigenvalue weighted by Gasteiger charge is 2.07. The minimum atomic E-state index is -0.253. The predicted molar refractivity (Wildman–Crippen MR) is 78.6 cm³/mol. The van der Waals surface area contributed by atoms with E-state index in [1.54, 1.807) is 11.8 Å². The number of nitrogens with zero attached hydrogens (tertiary/aromatic N) is 4. The highest BCUT2D eigenvalue weighted by atomic mass is 79.9. The summed E-state index contributed by atoms with van der Waals surface area (Å²) < 4.78 is 3.14. The summed E-state index contributed by atoms with van der Waals surface area (Å²) in [5.41, 5.74) is 0.947. The van der Waals surface area contributed by atoms with Gasteiger partial charge in [0.05, 0.1) is 0 Å². The summed E-state index contributed by atoms with van der Waals surface area (Å²) in [4.78, 5) is 12.0. The predicted octanol–water partition coefficient (Wildman–Crippen LogP) is 2.60. The first kappa shape index (κ1) is 12.8. The normalized spacial score (nSPS) is 11.0. The SMILES string of the molecule is O=c1cnnc2sc(SCc3ccc(Br)cc3)nn12. The zero-order valence-corrected chi connectivity index (χ0v) is 12.7. The highest BCUT2D eigenvalue weighted by molar-refractivity contribution is 9.10. The van der Waals surface area contributed by atoms with E-state index in [2.05, 4.69) is 43.4 Å². The second-order valence-electron chi connectivity index (χ2n) is 3.66. The van der Waals surface area contributed by atoms with E-state index in [0.717, 1.165) is 20.8 Å². The Morgan fingerprint density at radius 1 is 1.32 bits per heavy atom. The molecule has 2 aromatic heterocycles. The van der Waals surface area contributed by atoms with E-state index in [1.165, 1.54) is 21.4 Å². The fourth-order valence-electron chi connectivity index (χ4n) is 1.44. The van der Waals surface area contributed by atoms with Crippen LogP contribution in [0.5, 0.6) is 0 Å². The van der Waals surface area contributed by atoms with Crippen LogP contribution in [0.1, 0.15) is 5.56 Å². The van der Waals surface area contributed by atoms with Gasteiger partial charge in [-0.1, -0.05) is 51.2 Å². The number of benzene rings is 1. The molecule has 0 atom stereocenters. The van der Waals surface area contributed by atoms with Crippen LogP contribution in [-0.2, 0) is 5.75 Å². The van der Waals surface area contributed by atoms with Gasteiger partial charge < -0.3 is 0 Å². The second-order valence-corrected chi connectivity index (χ2v) is 6.75. The monoisotopic (exact) mass is 354 g/mol. The molecular weight excluding hydrogens is 348 g/mol. The standard InChI is InChI=1S/C11H7BrN4OS2/c12-8-3-1-7(2-4-8)6-18-11-15-16-9(17)5-13-14-10(16)19-11/h1-5H,6H2. The van der Waals surface area contributed by atoms with E-state index in [0.29, 0.717) is 4.96 Å². The third kappa shape index (κ3) is 2.85. The van der Waals surface area contributed by atoms with Gasteiger partial charge in [0.1, 0.15) is 6.20 Å². The van der Waals surface area contributed by atoms with Crippen molar-refractivity contribution in [2.24, 2.45) is 0 Å². The lowest BCUT2D eigenvalue weighted by Crippen LogP contribution is -2.14. The molecule has 0 aliphatic rings. The molecule has 3 aromatic rings. The molecule has 0 bridgehead atoms. The van der Waals surface area contributed by atoms with Crippen molar-refractivity contribution in [1.82, 2.24) is 19.8 Å². The molecule has 0 fully saturated rings. The zero-order chi connectivity index (χ0) is 13.2.